The van der Waals surface area contributed by atoms with E-state index in [-0.39, 0.29) is 0 Å². The lowest BCUT2D eigenvalue weighted by Gasteiger charge is -2.29. The Labute approximate surface area is 56.8 Å². The van der Waals surface area contributed by atoms with Crippen molar-refractivity contribution >= 4 is 0 Å². The zero-order valence-corrected chi connectivity index (χ0v) is 6.10. The second kappa shape index (κ2) is 3.85. The van der Waals surface area contributed by atoms with Gasteiger partial charge >= 0.3 is 0 Å². The van der Waals surface area contributed by atoms with Gasteiger partial charge < -0.3 is 0 Å². The SMILES string of the molecule is CCCCON1CCC1. The Hall–Kier alpha value is -0.0800. The van der Waals surface area contributed by atoms with Gasteiger partial charge in [0.2, 0.25) is 0 Å². The minimum absolute atomic E-state index is 0.913. The predicted octanol–water partition coefficient (Wildman–Crippen LogP) is 1.42. The molecule has 0 unspecified atom stereocenters. The van der Waals surface area contributed by atoms with E-state index in [1.807, 2.05) is 5.06 Å². The first-order valence-electron chi connectivity index (χ1n) is 3.81. The monoisotopic (exact) mass is 129 g/mol. The summed E-state index contributed by atoms with van der Waals surface area (Å²) in [5.41, 5.74) is 0. The molecule has 0 N–H and O–H groups in total. The van der Waals surface area contributed by atoms with Crippen LogP contribution in [0.15, 0.2) is 0 Å². The Morgan fingerprint density at radius 3 is 2.67 bits per heavy atom. The smallest absolute Gasteiger partial charge is 0.0685 e. The van der Waals surface area contributed by atoms with Crippen molar-refractivity contribution in [2.75, 3.05) is 19.7 Å². The van der Waals surface area contributed by atoms with E-state index in [0.717, 1.165) is 19.7 Å². The highest BCUT2D eigenvalue weighted by Crippen LogP contribution is 2.06. The van der Waals surface area contributed by atoms with E-state index >= 15 is 0 Å². The third-order valence-corrected chi connectivity index (χ3v) is 1.59. The number of rotatable bonds is 4. The molecule has 1 aliphatic rings. The molecule has 1 rings (SSSR count). The summed E-state index contributed by atoms with van der Waals surface area (Å²) in [6.07, 6.45) is 3.73. The largest absolute Gasteiger partial charge is 0.299 e. The summed E-state index contributed by atoms with van der Waals surface area (Å²) in [5, 5.41) is 2.04. The minimum atomic E-state index is 0.913. The van der Waals surface area contributed by atoms with Crippen LogP contribution in [0.5, 0.6) is 0 Å². The first-order valence-corrected chi connectivity index (χ1v) is 3.81. The van der Waals surface area contributed by atoms with Gasteiger partial charge in [-0.15, -0.1) is 0 Å². The Bertz CT molecular complexity index is 71.3. The summed E-state index contributed by atoms with van der Waals surface area (Å²) in [4.78, 5) is 5.35. The maximum Gasteiger partial charge on any atom is 0.0685 e. The van der Waals surface area contributed by atoms with Crippen molar-refractivity contribution in [1.82, 2.24) is 5.06 Å². The molecule has 0 spiro atoms. The zero-order chi connectivity index (χ0) is 6.53. The molecule has 0 atom stereocenters. The lowest BCUT2D eigenvalue weighted by Crippen LogP contribution is -2.37. The van der Waals surface area contributed by atoms with Gasteiger partial charge in [0.05, 0.1) is 6.61 Å². The van der Waals surface area contributed by atoms with E-state index < -0.39 is 0 Å². The number of hydrogen-bond acceptors (Lipinski definition) is 2. The molecule has 0 amide bonds. The molecule has 1 heterocycles. The average Bonchev–Trinajstić information content (AvgIpc) is 1.76. The molecule has 0 aromatic carbocycles. The lowest BCUT2D eigenvalue weighted by molar-refractivity contribution is -0.196. The zero-order valence-electron chi connectivity index (χ0n) is 6.10. The Kier molecular flexibility index (Phi) is 3.01. The van der Waals surface area contributed by atoms with Gasteiger partial charge in [0.1, 0.15) is 0 Å². The highest BCUT2D eigenvalue weighted by Gasteiger charge is 2.12. The molecule has 1 fully saturated rings. The molecule has 0 radical (unpaired) electrons. The maximum absolute atomic E-state index is 5.35. The fourth-order valence-electron chi connectivity index (χ4n) is 0.754. The van der Waals surface area contributed by atoms with Crippen molar-refractivity contribution < 1.29 is 4.84 Å². The van der Waals surface area contributed by atoms with Crippen molar-refractivity contribution in [3.63, 3.8) is 0 Å². The number of nitrogens with zero attached hydrogens (tertiary/aromatic N) is 1. The van der Waals surface area contributed by atoms with Crippen LogP contribution in [-0.4, -0.2) is 24.8 Å². The molecule has 1 saturated heterocycles. The van der Waals surface area contributed by atoms with Gasteiger partial charge in [-0.1, -0.05) is 13.3 Å². The molecule has 0 aromatic heterocycles. The van der Waals surface area contributed by atoms with Crippen molar-refractivity contribution in [2.45, 2.75) is 26.2 Å². The van der Waals surface area contributed by atoms with E-state index in [1.165, 1.54) is 19.3 Å². The Morgan fingerprint density at radius 1 is 1.44 bits per heavy atom. The van der Waals surface area contributed by atoms with E-state index in [4.69, 9.17) is 4.84 Å². The summed E-state index contributed by atoms with van der Waals surface area (Å²) >= 11 is 0. The maximum atomic E-state index is 5.35. The molecule has 0 aromatic rings. The van der Waals surface area contributed by atoms with Crippen LogP contribution >= 0.6 is 0 Å². The highest BCUT2D eigenvalue weighted by atomic mass is 16.7. The van der Waals surface area contributed by atoms with Crippen LogP contribution in [0, 0.1) is 0 Å². The van der Waals surface area contributed by atoms with E-state index in [9.17, 15) is 0 Å². The van der Waals surface area contributed by atoms with E-state index in [0.29, 0.717) is 0 Å². The lowest BCUT2D eigenvalue weighted by atomic mass is 10.3. The molecule has 9 heavy (non-hydrogen) atoms. The summed E-state index contributed by atoms with van der Waals surface area (Å²) in [5.74, 6) is 0. The molecule has 0 aliphatic carbocycles. The Morgan fingerprint density at radius 2 is 2.22 bits per heavy atom. The molecular weight excluding hydrogens is 114 g/mol. The van der Waals surface area contributed by atoms with Gasteiger partial charge in [0.25, 0.3) is 0 Å². The van der Waals surface area contributed by atoms with Crippen molar-refractivity contribution in [1.29, 1.82) is 0 Å². The van der Waals surface area contributed by atoms with Gasteiger partial charge in [0, 0.05) is 13.1 Å². The van der Waals surface area contributed by atoms with Gasteiger partial charge in [-0.25, -0.2) is 0 Å². The average molecular weight is 129 g/mol. The number of hydroxylamine groups is 2. The van der Waals surface area contributed by atoms with Gasteiger partial charge in [0.15, 0.2) is 0 Å². The molecule has 2 nitrogen and oxygen atoms in total. The summed E-state index contributed by atoms with van der Waals surface area (Å²) < 4.78 is 0. The molecular formula is C7H15NO. The Balaban J connectivity index is 1.80. The number of hydrogen-bond donors (Lipinski definition) is 0. The third-order valence-electron chi connectivity index (χ3n) is 1.59. The normalized spacial score (nSPS) is 19.7. The molecule has 2 heteroatoms. The molecule has 54 valence electrons. The molecule has 0 saturated carbocycles. The number of unbranched alkanes of at least 4 members (excludes halogenated alkanes) is 1. The quantitative estimate of drug-likeness (QED) is 0.532. The second-order valence-electron chi connectivity index (χ2n) is 2.47. The van der Waals surface area contributed by atoms with Crippen LogP contribution in [0.1, 0.15) is 26.2 Å². The van der Waals surface area contributed by atoms with E-state index in [2.05, 4.69) is 6.92 Å². The fourth-order valence-corrected chi connectivity index (χ4v) is 0.754. The minimum Gasteiger partial charge on any atom is -0.299 e. The van der Waals surface area contributed by atoms with Crippen LogP contribution in [0.25, 0.3) is 0 Å². The summed E-state index contributed by atoms with van der Waals surface area (Å²) in [6.45, 7) is 5.38. The highest BCUT2D eigenvalue weighted by molar-refractivity contribution is 4.57. The standard InChI is InChI=1S/C7H15NO/c1-2-3-7-9-8-5-4-6-8/h2-7H2,1H3. The van der Waals surface area contributed by atoms with Crippen LogP contribution in [0.3, 0.4) is 0 Å². The van der Waals surface area contributed by atoms with Gasteiger partial charge in [-0.05, 0) is 12.8 Å². The summed E-state index contributed by atoms with van der Waals surface area (Å²) in [7, 11) is 0. The first kappa shape index (κ1) is 7.03. The van der Waals surface area contributed by atoms with Crippen LogP contribution < -0.4 is 0 Å². The van der Waals surface area contributed by atoms with Crippen molar-refractivity contribution in [3.8, 4) is 0 Å². The second-order valence-corrected chi connectivity index (χ2v) is 2.47. The molecule has 1 aliphatic heterocycles. The van der Waals surface area contributed by atoms with Gasteiger partial charge in [-0.2, -0.15) is 5.06 Å². The summed E-state index contributed by atoms with van der Waals surface area (Å²) in [6, 6.07) is 0. The van der Waals surface area contributed by atoms with Crippen molar-refractivity contribution in [3.05, 3.63) is 0 Å². The van der Waals surface area contributed by atoms with Crippen molar-refractivity contribution in [2.24, 2.45) is 0 Å². The van der Waals surface area contributed by atoms with Gasteiger partial charge in [-0.3, -0.25) is 4.84 Å². The topological polar surface area (TPSA) is 12.5 Å². The fraction of sp³-hybridized carbons (Fsp3) is 1.00. The van der Waals surface area contributed by atoms with Crippen LogP contribution in [-0.2, 0) is 4.84 Å². The van der Waals surface area contributed by atoms with E-state index in [1.54, 1.807) is 0 Å². The first-order chi connectivity index (χ1) is 4.43. The van der Waals surface area contributed by atoms with Crippen LogP contribution in [0.2, 0.25) is 0 Å². The predicted molar refractivity (Wildman–Crippen MR) is 37.0 cm³/mol. The molecule has 0 bridgehead atoms. The third kappa shape index (κ3) is 2.33. The van der Waals surface area contributed by atoms with Crippen LogP contribution in [0.4, 0.5) is 0 Å².